The maximum Gasteiger partial charge on any atom is 0.279 e. The highest BCUT2D eigenvalue weighted by Crippen LogP contribution is 2.31. The van der Waals surface area contributed by atoms with Crippen LogP contribution in [0.3, 0.4) is 0 Å². The fraction of sp³-hybridized carbons (Fsp3) is 0.667. The molecule has 0 saturated heterocycles. The van der Waals surface area contributed by atoms with E-state index in [1.807, 2.05) is 18.5 Å². The van der Waals surface area contributed by atoms with Gasteiger partial charge < -0.3 is 4.52 Å². The van der Waals surface area contributed by atoms with E-state index in [-0.39, 0.29) is 0 Å². The molecule has 0 unspecified atom stereocenters. The normalized spacial score (nSPS) is 15.2. The molecule has 2 aromatic rings. The van der Waals surface area contributed by atoms with Gasteiger partial charge in [-0.3, -0.25) is 9.58 Å². The summed E-state index contributed by atoms with van der Waals surface area (Å²) in [5.41, 5.74) is 1.62. The van der Waals surface area contributed by atoms with E-state index in [9.17, 15) is 0 Å². The van der Waals surface area contributed by atoms with Gasteiger partial charge in [0.1, 0.15) is 0 Å². The number of hydrogen-bond donors (Lipinski definition) is 0. The van der Waals surface area contributed by atoms with Crippen molar-refractivity contribution in [2.45, 2.75) is 60.2 Å². The van der Waals surface area contributed by atoms with Gasteiger partial charge in [0.05, 0.1) is 10.7 Å². The third-order valence-corrected chi connectivity index (χ3v) is 4.02. The molecular weight excluding hydrogens is 302 g/mol. The molecule has 0 atom stereocenters. The molecule has 0 fully saturated rings. The lowest BCUT2D eigenvalue weighted by molar-refractivity contribution is 0.216. The monoisotopic (exact) mass is 325 g/mol. The number of fused-ring (bicyclic) bond motifs is 1. The molecular formula is C15H24ClN5O. The lowest BCUT2D eigenvalue weighted by Crippen LogP contribution is -2.30. The third-order valence-electron chi connectivity index (χ3n) is 3.62. The van der Waals surface area contributed by atoms with Crippen LogP contribution in [-0.4, -0.2) is 37.4 Å². The van der Waals surface area contributed by atoms with Crippen LogP contribution in [-0.2, 0) is 13.1 Å². The Morgan fingerprint density at radius 1 is 1.23 bits per heavy atom. The summed E-state index contributed by atoms with van der Waals surface area (Å²) < 4.78 is 7.15. The molecule has 0 bridgehead atoms. The molecule has 1 aliphatic rings. The van der Waals surface area contributed by atoms with Crippen LogP contribution in [0.25, 0.3) is 11.6 Å². The van der Waals surface area contributed by atoms with Crippen LogP contribution in [0, 0.1) is 6.92 Å². The largest absolute Gasteiger partial charge is 0.332 e. The van der Waals surface area contributed by atoms with Gasteiger partial charge in [0.15, 0.2) is 11.5 Å². The van der Waals surface area contributed by atoms with Crippen molar-refractivity contribution in [2.24, 2.45) is 0 Å². The Morgan fingerprint density at radius 3 is 2.55 bits per heavy atom. The van der Waals surface area contributed by atoms with Crippen molar-refractivity contribution in [3.05, 3.63) is 16.5 Å². The quantitative estimate of drug-likeness (QED) is 0.845. The predicted octanol–water partition coefficient (Wildman–Crippen LogP) is 3.54. The van der Waals surface area contributed by atoms with Crippen LogP contribution in [0.5, 0.6) is 0 Å². The zero-order valence-electron chi connectivity index (χ0n) is 13.9. The van der Waals surface area contributed by atoms with E-state index < -0.39 is 0 Å². The van der Waals surface area contributed by atoms with Crippen LogP contribution in [0.4, 0.5) is 0 Å². The minimum absolute atomic E-state index is 0.393. The van der Waals surface area contributed by atoms with Gasteiger partial charge in [0, 0.05) is 25.7 Å². The molecule has 22 heavy (non-hydrogen) atoms. The van der Waals surface area contributed by atoms with Crippen LogP contribution in [0.1, 0.15) is 45.6 Å². The SMILES string of the molecule is CC.Cc1noc(-c2nn3c(c2Cl)CN(C(C)C)CCC3)n1. The summed E-state index contributed by atoms with van der Waals surface area (Å²) in [4.78, 5) is 6.61. The van der Waals surface area contributed by atoms with Crippen molar-refractivity contribution in [2.75, 3.05) is 6.54 Å². The van der Waals surface area contributed by atoms with Gasteiger partial charge in [0.2, 0.25) is 0 Å². The second-order valence-corrected chi connectivity index (χ2v) is 5.77. The second-order valence-electron chi connectivity index (χ2n) is 5.40. The lowest BCUT2D eigenvalue weighted by atomic mass is 10.2. The fourth-order valence-electron chi connectivity index (χ4n) is 2.48. The second kappa shape index (κ2) is 7.24. The molecule has 6 nitrogen and oxygen atoms in total. The van der Waals surface area contributed by atoms with E-state index in [1.54, 1.807) is 6.92 Å². The Labute approximate surface area is 136 Å². The van der Waals surface area contributed by atoms with E-state index in [1.165, 1.54) is 0 Å². The maximum atomic E-state index is 6.49. The summed E-state index contributed by atoms with van der Waals surface area (Å²) in [7, 11) is 0. The highest BCUT2D eigenvalue weighted by molar-refractivity contribution is 6.33. The van der Waals surface area contributed by atoms with Gasteiger partial charge >= 0.3 is 0 Å². The standard InChI is InChI=1S/C13H18ClN5O.C2H6/c1-8(2)18-5-4-6-19-10(7-18)11(14)12(16-19)13-15-9(3)17-20-13;1-2/h8H,4-7H2,1-3H3;1-2H3. The Hall–Kier alpha value is -1.40. The Balaban J connectivity index is 0.000000847. The molecule has 1 aliphatic heterocycles. The molecule has 0 amide bonds. The number of aromatic nitrogens is 4. The topological polar surface area (TPSA) is 60.0 Å². The first-order valence-electron chi connectivity index (χ1n) is 7.86. The predicted molar refractivity (Wildman–Crippen MR) is 86.8 cm³/mol. The van der Waals surface area contributed by atoms with E-state index in [0.29, 0.717) is 28.5 Å². The third kappa shape index (κ3) is 3.33. The summed E-state index contributed by atoms with van der Waals surface area (Å²) in [5.74, 6) is 0.979. The number of nitrogens with zero attached hydrogens (tertiary/aromatic N) is 5. The highest BCUT2D eigenvalue weighted by atomic mass is 35.5. The van der Waals surface area contributed by atoms with E-state index >= 15 is 0 Å². The van der Waals surface area contributed by atoms with Gasteiger partial charge in [0.25, 0.3) is 5.89 Å². The first kappa shape index (κ1) is 17.0. The van der Waals surface area contributed by atoms with E-state index in [4.69, 9.17) is 16.1 Å². The zero-order valence-corrected chi connectivity index (χ0v) is 14.7. The molecule has 3 rings (SSSR count). The van der Waals surface area contributed by atoms with Crippen molar-refractivity contribution >= 4 is 11.6 Å². The van der Waals surface area contributed by atoms with E-state index in [0.717, 1.165) is 31.7 Å². The minimum Gasteiger partial charge on any atom is -0.332 e. The van der Waals surface area contributed by atoms with Crippen LogP contribution < -0.4 is 0 Å². The summed E-state index contributed by atoms with van der Waals surface area (Å²) in [5, 5.41) is 8.97. The van der Waals surface area contributed by atoms with Crippen LogP contribution in [0.15, 0.2) is 4.52 Å². The molecule has 0 spiro atoms. The van der Waals surface area contributed by atoms with Crippen LogP contribution >= 0.6 is 11.6 Å². The first-order chi connectivity index (χ1) is 10.6. The summed E-state index contributed by atoms with van der Waals surface area (Å²) in [6.45, 7) is 12.9. The summed E-state index contributed by atoms with van der Waals surface area (Å²) in [6, 6.07) is 0.488. The maximum absolute atomic E-state index is 6.49. The summed E-state index contributed by atoms with van der Waals surface area (Å²) in [6.07, 6.45) is 1.06. The first-order valence-corrected chi connectivity index (χ1v) is 8.24. The van der Waals surface area contributed by atoms with Crippen molar-refractivity contribution in [1.82, 2.24) is 24.8 Å². The van der Waals surface area contributed by atoms with Gasteiger partial charge in [-0.1, -0.05) is 30.6 Å². The van der Waals surface area contributed by atoms with Gasteiger partial charge in [-0.2, -0.15) is 10.1 Å². The number of hydrogen-bond acceptors (Lipinski definition) is 5. The Morgan fingerprint density at radius 2 is 1.95 bits per heavy atom. The van der Waals surface area contributed by atoms with Crippen molar-refractivity contribution in [3.8, 4) is 11.6 Å². The van der Waals surface area contributed by atoms with Crippen molar-refractivity contribution in [3.63, 3.8) is 0 Å². The molecule has 3 heterocycles. The number of rotatable bonds is 2. The molecule has 0 aromatic carbocycles. The van der Waals surface area contributed by atoms with Gasteiger partial charge in [-0.25, -0.2) is 0 Å². The minimum atomic E-state index is 0.393. The molecule has 122 valence electrons. The average molecular weight is 326 g/mol. The fourth-order valence-corrected chi connectivity index (χ4v) is 2.75. The Kier molecular flexibility index (Phi) is 5.58. The molecule has 0 aliphatic carbocycles. The van der Waals surface area contributed by atoms with Crippen LogP contribution in [0.2, 0.25) is 5.02 Å². The molecule has 0 saturated carbocycles. The van der Waals surface area contributed by atoms with E-state index in [2.05, 4.69) is 34.0 Å². The molecule has 0 N–H and O–H groups in total. The van der Waals surface area contributed by atoms with Crippen molar-refractivity contribution < 1.29 is 4.52 Å². The zero-order chi connectivity index (χ0) is 16.3. The smallest absolute Gasteiger partial charge is 0.279 e. The number of halogens is 1. The Bertz CT molecular complexity index is 619. The average Bonchev–Trinajstić information content (AvgIpc) is 2.97. The van der Waals surface area contributed by atoms with Gasteiger partial charge in [-0.05, 0) is 27.2 Å². The molecule has 7 heteroatoms. The highest BCUT2D eigenvalue weighted by Gasteiger charge is 2.25. The van der Waals surface area contributed by atoms with Gasteiger partial charge in [-0.15, -0.1) is 0 Å². The molecule has 0 radical (unpaired) electrons. The lowest BCUT2D eigenvalue weighted by Gasteiger charge is -2.23. The number of aryl methyl sites for hydroxylation is 2. The van der Waals surface area contributed by atoms with Crippen molar-refractivity contribution in [1.29, 1.82) is 0 Å². The molecule has 2 aromatic heterocycles. The summed E-state index contributed by atoms with van der Waals surface area (Å²) >= 11 is 6.49.